The van der Waals surface area contributed by atoms with Gasteiger partial charge in [0.25, 0.3) is 5.91 Å². The maximum atomic E-state index is 12.1. The lowest BCUT2D eigenvalue weighted by Gasteiger charge is -2.24. The highest BCUT2D eigenvalue weighted by Gasteiger charge is 2.26. The summed E-state index contributed by atoms with van der Waals surface area (Å²) < 4.78 is 4.97. The van der Waals surface area contributed by atoms with E-state index >= 15 is 0 Å². The van der Waals surface area contributed by atoms with E-state index in [-0.39, 0.29) is 5.91 Å². The molecule has 0 aliphatic carbocycles. The summed E-state index contributed by atoms with van der Waals surface area (Å²) >= 11 is 0. The van der Waals surface area contributed by atoms with Gasteiger partial charge in [0.2, 0.25) is 0 Å². The number of anilines is 2. The number of benzene rings is 1. The van der Waals surface area contributed by atoms with Gasteiger partial charge in [-0.2, -0.15) is 0 Å². The van der Waals surface area contributed by atoms with Crippen LogP contribution in [0.3, 0.4) is 0 Å². The highest BCUT2D eigenvalue weighted by molar-refractivity contribution is 5.92. The Hall–Kier alpha value is -2.40. The first-order valence-corrected chi connectivity index (χ1v) is 8.31. The largest absolute Gasteiger partial charge is 0.385 e. The molecular weight excluding hydrogens is 302 g/mol. The smallest absolute Gasteiger partial charge is 0.269 e. The average molecular weight is 325 g/mol. The average Bonchev–Trinajstić information content (AvgIpc) is 2.94. The van der Waals surface area contributed by atoms with E-state index in [1.54, 1.807) is 19.4 Å². The van der Waals surface area contributed by atoms with Gasteiger partial charge in [0.15, 0.2) is 0 Å². The number of hydrogen-bond acceptors (Lipinski definition) is 4. The number of fused-ring (bicyclic) bond motifs is 1. The van der Waals surface area contributed by atoms with E-state index in [2.05, 4.69) is 46.4 Å². The van der Waals surface area contributed by atoms with E-state index < -0.39 is 0 Å². The van der Waals surface area contributed by atoms with Gasteiger partial charge in [-0.25, -0.2) is 4.98 Å². The molecule has 1 aromatic carbocycles. The van der Waals surface area contributed by atoms with Gasteiger partial charge < -0.3 is 15.0 Å². The van der Waals surface area contributed by atoms with Gasteiger partial charge in [-0.05, 0) is 43.5 Å². The number of nitrogens with one attached hydrogen (secondary N) is 1. The van der Waals surface area contributed by atoms with E-state index in [1.165, 1.54) is 11.3 Å². The van der Waals surface area contributed by atoms with Crippen molar-refractivity contribution in [1.29, 1.82) is 0 Å². The summed E-state index contributed by atoms with van der Waals surface area (Å²) in [7, 11) is 1.65. The third-order valence-electron chi connectivity index (χ3n) is 4.28. The first kappa shape index (κ1) is 16.5. The van der Waals surface area contributed by atoms with Crippen molar-refractivity contribution < 1.29 is 9.53 Å². The first-order valence-electron chi connectivity index (χ1n) is 8.31. The van der Waals surface area contributed by atoms with Crippen LogP contribution in [-0.4, -0.2) is 37.2 Å². The minimum absolute atomic E-state index is 0.146. The molecule has 1 aliphatic rings. The fourth-order valence-electron chi connectivity index (χ4n) is 3.13. The monoisotopic (exact) mass is 325 g/mol. The van der Waals surface area contributed by atoms with Crippen LogP contribution in [0.2, 0.25) is 0 Å². The Morgan fingerprint density at radius 2 is 2.17 bits per heavy atom. The van der Waals surface area contributed by atoms with Gasteiger partial charge in [-0.1, -0.05) is 18.2 Å². The normalized spacial score (nSPS) is 16.1. The van der Waals surface area contributed by atoms with Gasteiger partial charge >= 0.3 is 0 Å². The van der Waals surface area contributed by atoms with Gasteiger partial charge in [-0.3, -0.25) is 4.79 Å². The van der Waals surface area contributed by atoms with E-state index in [0.717, 1.165) is 18.5 Å². The van der Waals surface area contributed by atoms with E-state index in [4.69, 9.17) is 4.74 Å². The van der Waals surface area contributed by atoms with Crippen LogP contribution in [0.1, 0.15) is 29.4 Å². The number of nitrogens with zero attached hydrogens (tertiary/aromatic N) is 2. The highest BCUT2D eigenvalue weighted by atomic mass is 16.5. The molecule has 5 nitrogen and oxygen atoms in total. The number of methoxy groups -OCH3 is 1. The summed E-state index contributed by atoms with van der Waals surface area (Å²) in [5, 5.41) is 2.85. The molecule has 0 bridgehead atoms. The predicted molar refractivity (Wildman–Crippen MR) is 94.8 cm³/mol. The lowest BCUT2D eigenvalue weighted by Crippen LogP contribution is -2.27. The summed E-state index contributed by atoms with van der Waals surface area (Å²) in [6, 6.07) is 12.6. The number of aromatic nitrogens is 1. The minimum atomic E-state index is -0.146. The Balaban J connectivity index is 1.70. The molecule has 1 amide bonds. The minimum Gasteiger partial charge on any atom is -0.385 e. The van der Waals surface area contributed by atoms with Crippen molar-refractivity contribution in [3.8, 4) is 0 Å². The molecule has 5 heteroatoms. The Bertz CT molecular complexity index is 700. The molecule has 0 saturated carbocycles. The quantitative estimate of drug-likeness (QED) is 0.830. The summed E-state index contributed by atoms with van der Waals surface area (Å²) in [4.78, 5) is 18.7. The summed E-state index contributed by atoms with van der Waals surface area (Å²) in [5.41, 5.74) is 4.04. The number of hydrogen-bond donors (Lipinski definition) is 1. The zero-order valence-electron chi connectivity index (χ0n) is 14.2. The summed E-state index contributed by atoms with van der Waals surface area (Å²) in [6.07, 6.45) is 3.60. The third kappa shape index (κ3) is 3.41. The molecule has 1 atom stereocenters. The maximum absolute atomic E-state index is 12.1. The molecule has 1 N–H and O–H groups in total. The Morgan fingerprint density at radius 3 is 2.92 bits per heavy atom. The molecule has 0 radical (unpaired) electrons. The third-order valence-corrected chi connectivity index (χ3v) is 4.28. The number of carbonyl (C=O) groups excluding carboxylic acids is 1. The molecule has 1 aromatic heterocycles. The van der Waals surface area contributed by atoms with Crippen LogP contribution in [0.5, 0.6) is 0 Å². The topological polar surface area (TPSA) is 54.5 Å². The van der Waals surface area contributed by atoms with Crippen molar-refractivity contribution in [3.63, 3.8) is 0 Å². The zero-order chi connectivity index (χ0) is 16.9. The fourth-order valence-corrected chi connectivity index (χ4v) is 3.13. The van der Waals surface area contributed by atoms with E-state index in [9.17, 15) is 4.79 Å². The van der Waals surface area contributed by atoms with Crippen LogP contribution < -0.4 is 10.2 Å². The van der Waals surface area contributed by atoms with E-state index in [0.29, 0.717) is 24.9 Å². The molecule has 1 aliphatic heterocycles. The highest BCUT2D eigenvalue weighted by Crippen LogP contribution is 2.37. The Labute approximate surface area is 142 Å². The summed E-state index contributed by atoms with van der Waals surface area (Å²) in [6.45, 7) is 3.43. The Kier molecular flexibility index (Phi) is 5.11. The number of para-hydroxylation sites is 1. The molecule has 2 heterocycles. The van der Waals surface area contributed by atoms with E-state index in [1.807, 2.05) is 6.07 Å². The predicted octanol–water partition coefficient (Wildman–Crippen LogP) is 2.93. The number of carbonyl (C=O) groups is 1. The second kappa shape index (κ2) is 7.45. The molecule has 1 unspecified atom stereocenters. The lowest BCUT2D eigenvalue weighted by atomic mass is 10.1. The van der Waals surface area contributed by atoms with Crippen molar-refractivity contribution in [1.82, 2.24) is 10.3 Å². The van der Waals surface area contributed by atoms with Gasteiger partial charge in [0.1, 0.15) is 5.69 Å². The van der Waals surface area contributed by atoms with Crippen molar-refractivity contribution in [2.24, 2.45) is 0 Å². The molecule has 126 valence electrons. The van der Waals surface area contributed by atoms with Gasteiger partial charge in [-0.15, -0.1) is 0 Å². The van der Waals surface area contributed by atoms with Crippen molar-refractivity contribution in [2.45, 2.75) is 25.8 Å². The molecule has 0 fully saturated rings. The van der Waals surface area contributed by atoms with Crippen LogP contribution >= 0.6 is 0 Å². The fraction of sp³-hybridized carbons (Fsp3) is 0.368. The molecule has 2 aromatic rings. The standard InChI is InChI=1S/C19H23N3O2/c1-14-12-15-6-3-4-7-18(15)22(14)16-8-9-17(21-13-16)19(23)20-10-5-11-24-2/h3-4,6-9,13-14H,5,10-12H2,1-2H3,(H,20,23). The summed E-state index contributed by atoms with van der Waals surface area (Å²) in [5.74, 6) is -0.146. The molecule has 0 spiro atoms. The maximum Gasteiger partial charge on any atom is 0.269 e. The van der Waals surface area contributed by atoms with Crippen molar-refractivity contribution in [3.05, 3.63) is 53.9 Å². The zero-order valence-corrected chi connectivity index (χ0v) is 14.2. The first-order chi connectivity index (χ1) is 11.7. The number of rotatable bonds is 6. The van der Waals surface area contributed by atoms with Crippen molar-refractivity contribution in [2.75, 3.05) is 25.2 Å². The number of amides is 1. The second-order valence-corrected chi connectivity index (χ2v) is 6.06. The molecule has 24 heavy (non-hydrogen) atoms. The van der Waals surface area contributed by atoms with Gasteiger partial charge in [0, 0.05) is 32.0 Å². The number of pyridine rings is 1. The molecule has 0 saturated heterocycles. The SMILES string of the molecule is COCCCNC(=O)c1ccc(N2c3ccccc3CC2C)cn1. The Morgan fingerprint density at radius 1 is 1.33 bits per heavy atom. The van der Waals surface area contributed by atoms with Crippen molar-refractivity contribution >= 4 is 17.3 Å². The van der Waals surface area contributed by atoms with Crippen LogP contribution in [0.15, 0.2) is 42.6 Å². The van der Waals surface area contributed by atoms with Gasteiger partial charge in [0.05, 0.1) is 11.9 Å². The molecular formula is C19H23N3O2. The van der Waals surface area contributed by atoms with Crippen LogP contribution in [0.25, 0.3) is 0 Å². The van der Waals surface area contributed by atoms with Crippen LogP contribution in [0.4, 0.5) is 11.4 Å². The molecule has 3 rings (SSSR count). The lowest BCUT2D eigenvalue weighted by molar-refractivity contribution is 0.0943. The van der Waals surface area contributed by atoms with Crippen LogP contribution in [0, 0.1) is 0 Å². The second-order valence-electron chi connectivity index (χ2n) is 6.06. The number of ether oxygens (including phenoxy) is 1. The van der Waals surface area contributed by atoms with Crippen LogP contribution in [-0.2, 0) is 11.2 Å².